The predicted octanol–water partition coefficient (Wildman–Crippen LogP) is 5.71. The van der Waals surface area contributed by atoms with Crippen LogP contribution in [0.1, 0.15) is 38.1 Å². The summed E-state index contributed by atoms with van der Waals surface area (Å²) in [4.78, 5) is 1.23. The highest BCUT2D eigenvalue weighted by Crippen LogP contribution is 2.27. The maximum Gasteiger partial charge on any atom is 0.127 e. The van der Waals surface area contributed by atoms with E-state index in [9.17, 15) is 4.39 Å². The summed E-state index contributed by atoms with van der Waals surface area (Å²) in [6, 6.07) is 5.60. The Balaban J connectivity index is 0.000000509. The van der Waals surface area contributed by atoms with Crippen LogP contribution in [0.15, 0.2) is 18.2 Å². The summed E-state index contributed by atoms with van der Waals surface area (Å²) < 4.78 is 14.1. The first-order valence-electron chi connectivity index (χ1n) is 5.83. The van der Waals surface area contributed by atoms with E-state index < -0.39 is 0 Å². The lowest BCUT2D eigenvalue weighted by molar-refractivity contribution is 0.621. The largest absolute Gasteiger partial charge is 0.207 e. The van der Waals surface area contributed by atoms with Crippen molar-refractivity contribution in [3.63, 3.8) is 0 Å². The molecule has 16 heavy (non-hydrogen) atoms. The average molecular weight is 240 g/mol. The first kappa shape index (κ1) is 15.1. The molecule has 0 saturated heterocycles. The van der Waals surface area contributed by atoms with Crippen molar-refractivity contribution in [1.29, 1.82) is 0 Å². The molecule has 2 aromatic rings. The predicted molar refractivity (Wildman–Crippen MR) is 74.0 cm³/mol. The van der Waals surface area contributed by atoms with Gasteiger partial charge in [0.15, 0.2) is 0 Å². The Morgan fingerprint density at radius 2 is 1.50 bits per heavy atom. The van der Waals surface area contributed by atoms with Gasteiger partial charge in [-0.25, -0.2) is 4.39 Å². The molecule has 0 atom stereocenters. The van der Waals surface area contributed by atoms with Crippen molar-refractivity contribution in [3.05, 3.63) is 34.5 Å². The molecule has 0 unspecified atom stereocenters. The molecule has 1 aromatic carbocycles. The molecule has 0 fully saturated rings. The van der Waals surface area contributed by atoms with Gasteiger partial charge in [0.05, 0.1) is 0 Å². The van der Waals surface area contributed by atoms with Crippen LogP contribution in [0.2, 0.25) is 0 Å². The SMILES string of the molecule is CC.CC.Cc1cc2cc(C)c(F)cc2s1. The van der Waals surface area contributed by atoms with E-state index >= 15 is 0 Å². The zero-order chi connectivity index (χ0) is 12.7. The lowest BCUT2D eigenvalue weighted by Gasteiger charge is -1.94. The van der Waals surface area contributed by atoms with Gasteiger partial charge < -0.3 is 0 Å². The second-order valence-electron chi connectivity index (χ2n) is 3.00. The van der Waals surface area contributed by atoms with Gasteiger partial charge in [0.1, 0.15) is 5.82 Å². The molecule has 0 aliphatic rings. The second kappa shape index (κ2) is 7.39. The van der Waals surface area contributed by atoms with Crippen LogP contribution >= 0.6 is 11.3 Å². The highest BCUT2D eigenvalue weighted by molar-refractivity contribution is 7.19. The van der Waals surface area contributed by atoms with Crippen LogP contribution in [0, 0.1) is 19.7 Å². The average Bonchev–Trinajstić information content (AvgIpc) is 2.64. The summed E-state index contributed by atoms with van der Waals surface area (Å²) in [6.45, 7) is 11.8. The number of hydrogen-bond acceptors (Lipinski definition) is 1. The van der Waals surface area contributed by atoms with Crippen LogP contribution in [-0.4, -0.2) is 0 Å². The fourth-order valence-corrected chi connectivity index (χ4v) is 2.24. The van der Waals surface area contributed by atoms with E-state index in [1.165, 1.54) is 4.88 Å². The molecular formula is C14H21FS. The molecular weight excluding hydrogens is 219 g/mol. The molecule has 0 aliphatic carbocycles. The Bertz CT molecular complexity index is 390. The summed E-state index contributed by atoms with van der Waals surface area (Å²) in [6.07, 6.45) is 0. The highest BCUT2D eigenvalue weighted by Gasteiger charge is 2.02. The van der Waals surface area contributed by atoms with Crippen LogP contribution < -0.4 is 0 Å². The van der Waals surface area contributed by atoms with E-state index in [2.05, 4.69) is 6.07 Å². The van der Waals surface area contributed by atoms with Gasteiger partial charge in [-0.15, -0.1) is 11.3 Å². The maximum absolute atomic E-state index is 13.1. The van der Waals surface area contributed by atoms with Crippen LogP contribution in [0.5, 0.6) is 0 Å². The molecule has 0 nitrogen and oxygen atoms in total. The number of rotatable bonds is 0. The molecule has 0 radical (unpaired) electrons. The molecule has 2 rings (SSSR count). The van der Waals surface area contributed by atoms with Crippen molar-refractivity contribution in [2.45, 2.75) is 41.5 Å². The van der Waals surface area contributed by atoms with Gasteiger partial charge in [-0.3, -0.25) is 0 Å². The Morgan fingerprint density at radius 1 is 0.938 bits per heavy atom. The molecule has 0 saturated carbocycles. The zero-order valence-corrected chi connectivity index (χ0v) is 11.8. The lowest BCUT2D eigenvalue weighted by Crippen LogP contribution is -1.78. The molecule has 0 N–H and O–H groups in total. The normalized spacial score (nSPS) is 8.94. The quantitative estimate of drug-likeness (QED) is 0.553. The van der Waals surface area contributed by atoms with Crippen molar-refractivity contribution in [3.8, 4) is 0 Å². The molecule has 1 aromatic heterocycles. The van der Waals surface area contributed by atoms with Gasteiger partial charge in [0.25, 0.3) is 0 Å². The first-order chi connectivity index (χ1) is 7.66. The topological polar surface area (TPSA) is 0 Å². The standard InChI is InChI=1S/C10H9FS.2C2H6/c1-6-3-8-4-7(2)12-10(8)5-9(6)11;2*1-2/h3-5H,1-2H3;2*1-2H3. The molecule has 0 bridgehead atoms. The third kappa shape index (κ3) is 3.60. The van der Waals surface area contributed by atoms with Crippen LogP contribution in [-0.2, 0) is 0 Å². The van der Waals surface area contributed by atoms with E-state index in [-0.39, 0.29) is 5.82 Å². The van der Waals surface area contributed by atoms with Gasteiger partial charge in [0.2, 0.25) is 0 Å². The van der Waals surface area contributed by atoms with E-state index in [0.717, 1.165) is 15.6 Å². The molecule has 1 heterocycles. The van der Waals surface area contributed by atoms with Crippen molar-refractivity contribution in [1.82, 2.24) is 0 Å². The Kier molecular flexibility index (Phi) is 6.98. The summed E-state index contributed by atoms with van der Waals surface area (Å²) in [7, 11) is 0. The summed E-state index contributed by atoms with van der Waals surface area (Å²) >= 11 is 1.63. The van der Waals surface area contributed by atoms with Crippen molar-refractivity contribution in [2.75, 3.05) is 0 Å². The fraction of sp³-hybridized carbons (Fsp3) is 0.429. The first-order valence-corrected chi connectivity index (χ1v) is 6.65. The number of hydrogen-bond donors (Lipinski definition) is 0. The number of halogens is 1. The van der Waals surface area contributed by atoms with Crippen LogP contribution in [0.25, 0.3) is 10.1 Å². The lowest BCUT2D eigenvalue weighted by atomic mass is 10.2. The van der Waals surface area contributed by atoms with Gasteiger partial charge in [-0.1, -0.05) is 27.7 Å². The van der Waals surface area contributed by atoms with E-state index in [4.69, 9.17) is 0 Å². The minimum absolute atomic E-state index is 0.107. The number of fused-ring (bicyclic) bond motifs is 1. The maximum atomic E-state index is 13.1. The number of thiophene rings is 1. The summed E-state index contributed by atoms with van der Waals surface area (Å²) in [5, 5.41) is 1.15. The molecule has 2 heteroatoms. The van der Waals surface area contributed by atoms with Gasteiger partial charge >= 0.3 is 0 Å². The second-order valence-corrected chi connectivity index (χ2v) is 4.28. The third-order valence-electron chi connectivity index (χ3n) is 1.92. The summed E-state index contributed by atoms with van der Waals surface area (Å²) in [5.74, 6) is -0.107. The van der Waals surface area contributed by atoms with E-state index in [1.807, 2.05) is 40.7 Å². The van der Waals surface area contributed by atoms with Gasteiger partial charge in [0, 0.05) is 9.58 Å². The monoisotopic (exact) mass is 240 g/mol. The summed E-state index contributed by atoms with van der Waals surface area (Å²) in [5.41, 5.74) is 0.723. The number of aryl methyl sites for hydroxylation is 2. The smallest absolute Gasteiger partial charge is 0.127 e. The third-order valence-corrected chi connectivity index (χ3v) is 2.93. The Morgan fingerprint density at radius 3 is 2.06 bits per heavy atom. The molecule has 0 amide bonds. The van der Waals surface area contributed by atoms with Gasteiger partial charge in [-0.2, -0.15) is 0 Å². The molecule has 0 spiro atoms. The molecule has 0 aliphatic heterocycles. The van der Waals surface area contributed by atoms with E-state index in [0.29, 0.717) is 0 Å². The Labute approximate surface area is 102 Å². The van der Waals surface area contributed by atoms with Crippen molar-refractivity contribution >= 4 is 21.4 Å². The van der Waals surface area contributed by atoms with E-state index in [1.54, 1.807) is 24.3 Å². The molecule has 90 valence electrons. The van der Waals surface area contributed by atoms with Crippen molar-refractivity contribution < 1.29 is 4.39 Å². The Hall–Kier alpha value is -0.890. The van der Waals surface area contributed by atoms with Crippen LogP contribution in [0.4, 0.5) is 4.39 Å². The van der Waals surface area contributed by atoms with Gasteiger partial charge in [-0.05, 0) is 43.0 Å². The van der Waals surface area contributed by atoms with Crippen molar-refractivity contribution in [2.24, 2.45) is 0 Å². The highest BCUT2D eigenvalue weighted by atomic mass is 32.1. The fourth-order valence-electron chi connectivity index (χ4n) is 1.31. The van der Waals surface area contributed by atoms with Crippen LogP contribution in [0.3, 0.4) is 0 Å². The zero-order valence-electron chi connectivity index (χ0n) is 11.0. The minimum Gasteiger partial charge on any atom is -0.207 e. The number of benzene rings is 1. The minimum atomic E-state index is -0.107.